The summed E-state index contributed by atoms with van der Waals surface area (Å²) in [6.45, 7) is 1.29. The Morgan fingerprint density at radius 2 is 1.95 bits per heavy atom. The van der Waals surface area contributed by atoms with Crippen molar-refractivity contribution in [2.75, 3.05) is 13.1 Å². The Hall–Kier alpha value is -1.59. The van der Waals surface area contributed by atoms with Crippen LogP contribution in [0.4, 0.5) is 13.2 Å². The molecule has 0 saturated carbocycles. The molecule has 0 N–H and O–H groups in total. The summed E-state index contributed by atoms with van der Waals surface area (Å²) in [7, 11) is -4.30. The van der Waals surface area contributed by atoms with Crippen molar-refractivity contribution in [2.24, 2.45) is 0 Å². The molecule has 0 heterocycles. The summed E-state index contributed by atoms with van der Waals surface area (Å²) in [6, 6.07) is 5.71. The van der Waals surface area contributed by atoms with E-state index in [1.165, 1.54) is 19.1 Å². The molecule has 0 spiro atoms. The third kappa shape index (κ3) is 4.44. The molecule has 1 aromatic carbocycles. The van der Waals surface area contributed by atoms with Gasteiger partial charge in [-0.1, -0.05) is 13.0 Å². The quantitative estimate of drug-likeness (QED) is 0.838. The predicted octanol–water partition coefficient (Wildman–Crippen LogP) is 2.83. The molecule has 1 aromatic rings. The van der Waals surface area contributed by atoms with Gasteiger partial charge in [0.1, 0.15) is 6.54 Å². The van der Waals surface area contributed by atoms with Crippen molar-refractivity contribution < 1.29 is 21.6 Å². The number of rotatable bonds is 5. The van der Waals surface area contributed by atoms with Crippen LogP contribution in [-0.4, -0.2) is 32.0 Å². The lowest BCUT2D eigenvalue weighted by molar-refractivity contribution is -0.136. The second-order valence-electron chi connectivity index (χ2n) is 4.55. The van der Waals surface area contributed by atoms with E-state index in [1.807, 2.05) is 0 Å². The van der Waals surface area contributed by atoms with E-state index in [9.17, 15) is 21.6 Å². The molecule has 1 rings (SSSR count). The number of benzene rings is 1. The number of aryl methyl sites for hydroxylation is 1. The Kier molecular flexibility index (Phi) is 5.36. The lowest BCUT2D eigenvalue weighted by atomic mass is 10.2. The van der Waals surface area contributed by atoms with Crippen molar-refractivity contribution in [3.8, 4) is 6.07 Å². The largest absolute Gasteiger partial charge is 0.402 e. The van der Waals surface area contributed by atoms with E-state index in [0.717, 1.165) is 6.07 Å². The van der Waals surface area contributed by atoms with Crippen LogP contribution in [0.3, 0.4) is 0 Å². The highest BCUT2D eigenvalue weighted by Gasteiger charge is 2.37. The number of nitrogens with zero attached hydrogens (tertiary/aromatic N) is 2. The Morgan fingerprint density at radius 3 is 2.43 bits per heavy atom. The molecular weight excluding hydrogens is 305 g/mol. The maximum absolute atomic E-state index is 12.6. The summed E-state index contributed by atoms with van der Waals surface area (Å²) in [4.78, 5) is -0.265. The molecule has 0 saturated heterocycles. The van der Waals surface area contributed by atoms with Crippen molar-refractivity contribution in [2.45, 2.75) is 31.3 Å². The lowest BCUT2D eigenvalue weighted by Gasteiger charge is -2.23. The van der Waals surface area contributed by atoms with Gasteiger partial charge in [0.05, 0.1) is 16.5 Å². The molecule has 0 aromatic heterocycles. The fourth-order valence-electron chi connectivity index (χ4n) is 1.82. The topological polar surface area (TPSA) is 61.2 Å². The van der Waals surface area contributed by atoms with Gasteiger partial charge in [0.25, 0.3) is 0 Å². The Balaban J connectivity index is 3.32. The number of hydrogen-bond acceptors (Lipinski definition) is 3. The zero-order valence-corrected chi connectivity index (χ0v) is 12.4. The van der Waals surface area contributed by atoms with Crippen LogP contribution in [0.25, 0.3) is 0 Å². The van der Waals surface area contributed by atoms with Gasteiger partial charge >= 0.3 is 6.18 Å². The van der Waals surface area contributed by atoms with Crippen LogP contribution in [0, 0.1) is 18.3 Å². The van der Waals surface area contributed by atoms with Gasteiger partial charge in [-0.25, -0.2) is 8.42 Å². The van der Waals surface area contributed by atoms with Gasteiger partial charge in [-0.05, 0) is 31.0 Å². The Bertz CT molecular complexity index is 648. The highest BCUT2D eigenvalue weighted by molar-refractivity contribution is 7.89. The number of nitriles is 1. The van der Waals surface area contributed by atoms with Crippen molar-refractivity contribution >= 4 is 10.0 Å². The molecule has 0 bridgehead atoms. The molecule has 0 aliphatic carbocycles. The Morgan fingerprint density at radius 1 is 1.33 bits per heavy atom. The minimum absolute atomic E-state index is 0.0858. The standard InChI is InChI=1S/C13H15F3N2O2S/c1-3-6-18(9-13(14,15)16)21(19,20)12-7-11(8-17)5-4-10(12)2/h4-5,7H,3,6,9H2,1-2H3. The van der Waals surface area contributed by atoms with Gasteiger partial charge in [0.2, 0.25) is 10.0 Å². The monoisotopic (exact) mass is 320 g/mol. The van der Waals surface area contributed by atoms with Crippen molar-refractivity contribution in [3.63, 3.8) is 0 Å². The second-order valence-corrected chi connectivity index (χ2v) is 6.45. The molecule has 0 aliphatic heterocycles. The molecule has 0 radical (unpaired) electrons. The summed E-state index contributed by atoms with van der Waals surface area (Å²) in [5.74, 6) is 0. The van der Waals surface area contributed by atoms with E-state index >= 15 is 0 Å². The third-order valence-corrected chi connectivity index (χ3v) is 4.75. The summed E-state index contributed by atoms with van der Waals surface area (Å²) in [5, 5.41) is 8.81. The van der Waals surface area contributed by atoms with Gasteiger partial charge in [0, 0.05) is 6.54 Å². The first-order chi connectivity index (χ1) is 9.61. The molecule has 0 amide bonds. The van der Waals surface area contributed by atoms with Crippen LogP contribution in [0.15, 0.2) is 23.1 Å². The van der Waals surface area contributed by atoms with Crippen molar-refractivity contribution in [3.05, 3.63) is 29.3 Å². The van der Waals surface area contributed by atoms with Gasteiger partial charge in [-0.15, -0.1) is 0 Å². The number of sulfonamides is 1. The zero-order valence-electron chi connectivity index (χ0n) is 11.6. The molecule has 0 unspecified atom stereocenters. The summed E-state index contributed by atoms with van der Waals surface area (Å²) < 4.78 is 62.9. The molecule has 8 heteroatoms. The number of hydrogen-bond donors (Lipinski definition) is 0. The molecule has 4 nitrogen and oxygen atoms in total. The molecular formula is C13H15F3N2O2S. The Labute approximate surface area is 121 Å². The lowest BCUT2D eigenvalue weighted by Crippen LogP contribution is -2.39. The van der Waals surface area contributed by atoms with Crippen LogP contribution < -0.4 is 0 Å². The first kappa shape index (κ1) is 17.5. The fraction of sp³-hybridized carbons (Fsp3) is 0.462. The van der Waals surface area contributed by atoms with Crippen LogP contribution in [-0.2, 0) is 10.0 Å². The molecule has 0 aliphatic rings. The highest BCUT2D eigenvalue weighted by atomic mass is 32.2. The minimum Gasteiger partial charge on any atom is -0.207 e. The zero-order chi connectivity index (χ0) is 16.3. The number of halogens is 3. The van der Waals surface area contributed by atoms with Gasteiger partial charge in [-0.3, -0.25) is 0 Å². The highest BCUT2D eigenvalue weighted by Crippen LogP contribution is 2.25. The van der Waals surface area contributed by atoms with E-state index < -0.39 is 22.7 Å². The molecule has 116 valence electrons. The predicted molar refractivity (Wildman–Crippen MR) is 71.0 cm³/mol. The summed E-state index contributed by atoms with van der Waals surface area (Å²) >= 11 is 0. The van der Waals surface area contributed by atoms with Crippen molar-refractivity contribution in [1.29, 1.82) is 5.26 Å². The average molecular weight is 320 g/mol. The maximum Gasteiger partial charge on any atom is 0.402 e. The maximum atomic E-state index is 12.6. The minimum atomic E-state index is -4.62. The van der Waals surface area contributed by atoms with Crippen LogP contribution in [0.1, 0.15) is 24.5 Å². The first-order valence-electron chi connectivity index (χ1n) is 6.19. The van der Waals surface area contributed by atoms with Crippen molar-refractivity contribution in [1.82, 2.24) is 4.31 Å². The molecule has 0 fully saturated rings. The van der Waals surface area contributed by atoms with Gasteiger partial charge in [-0.2, -0.15) is 22.7 Å². The normalized spacial score (nSPS) is 12.4. The summed E-state index contributed by atoms with van der Waals surface area (Å²) in [6.07, 6.45) is -4.37. The molecule has 21 heavy (non-hydrogen) atoms. The van der Waals surface area contributed by atoms with E-state index in [-0.39, 0.29) is 23.4 Å². The van der Waals surface area contributed by atoms with E-state index in [2.05, 4.69) is 0 Å². The fourth-order valence-corrected chi connectivity index (χ4v) is 3.59. The molecule has 0 atom stereocenters. The SMILES string of the molecule is CCCN(CC(F)(F)F)S(=O)(=O)c1cc(C#N)ccc1C. The van der Waals surface area contributed by atoms with E-state index in [1.54, 1.807) is 13.0 Å². The average Bonchev–Trinajstić information content (AvgIpc) is 2.37. The van der Waals surface area contributed by atoms with Gasteiger partial charge < -0.3 is 0 Å². The number of alkyl halides is 3. The smallest absolute Gasteiger partial charge is 0.207 e. The van der Waals surface area contributed by atoms with Gasteiger partial charge in [0.15, 0.2) is 0 Å². The van der Waals surface area contributed by atoms with Crippen LogP contribution in [0.2, 0.25) is 0 Å². The second kappa shape index (κ2) is 6.45. The third-order valence-electron chi connectivity index (χ3n) is 2.76. The summed E-state index contributed by atoms with van der Waals surface area (Å²) in [5.41, 5.74) is 0.389. The van der Waals surface area contributed by atoms with E-state index in [0.29, 0.717) is 9.87 Å². The first-order valence-corrected chi connectivity index (χ1v) is 7.63. The van der Waals surface area contributed by atoms with E-state index in [4.69, 9.17) is 5.26 Å². The van der Waals surface area contributed by atoms with Crippen LogP contribution in [0.5, 0.6) is 0 Å². The van der Waals surface area contributed by atoms with Crippen LogP contribution >= 0.6 is 0 Å².